The first-order valence-electron chi connectivity index (χ1n) is 13.3. The third kappa shape index (κ3) is 4.55. The van der Waals surface area contributed by atoms with Crippen LogP contribution >= 0.6 is 11.3 Å². The summed E-state index contributed by atoms with van der Waals surface area (Å²) in [4.78, 5) is 12.1. The first-order valence-corrected chi connectivity index (χ1v) is 14.1. The molecule has 0 saturated carbocycles. The van der Waals surface area contributed by atoms with Crippen molar-refractivity contribution < 1.29 is 0 Å². The van der Waals surface area contributed by atoms with Crippen molar-refractivity contribution in [1.82, 2.24) is 15.0 Å². The molecule has 0 atom stereocenters. The molecular formula is C36H25N3S. The summed E-state index contributed by atoms with van der Waals surface area (Å²) in [5.74, 6) is 0. The molecule has 5 aromatic carbocycles. The van der Waals surface area contributed by atoms with Crippen LogP contribution < -0.4 is 0 Å². The Morgan fingerprint density at radius 2 is 0.825 bits per heavy atom. The van der Waals surface area contributed by atoms with Crippen LogP contribution in [-0.4, -0.2) is 15.0 Å². The van der Waals surface area contributed by atoms with Crippen molar-refractivity contribution in [2.24, 2.45) is 0 Å². The molecule has 0 fully saturated rings. The summed E-state index contributed by atoms with van der Waals surface area (Å²) < 4.78 is 2.76. The molecule has 0 unspecified atom stereocenters. The van der Waals surface area contributed by atoms with Crippen molar-refractivity contribution in [3.05, 3.63) is 146 Å². The number of benzene rings is 5. The van der Waals surface area contributed by atoms with Gasteiger partial charge in [-0.05, 0) is 36.4 Å². The van der Waals surface area contributed by atoms with Gasteiger partial charge in [0.05, 0.1) is 11.0 Å². The molecule has 0 bridgehead atoms. The maximum absolute atomic E-state index is 4.35. The lowest BCUT2D eigenvalue weighted by Crippen LogP contribution is -1.83. The number of thiophene rings is 1. The van der Waals surface area contributed by atoms with Crippen LogP contribution in [0.2, 0.25) is 0 Å². The molecule has 190 valence electrons. The Bertz CT molecular complexity index is 1980. The fraction of sp³-hybridized carbons (Fsp3) is 0. The van der Waals surface area contributed by atoms with E-state index in [0.29, 0.717) is 0 Å². The predicted molar refractivity (Wildman–Crippen MR) is 172 cm³/mol. The second-order valence-electron chi connectivity index (χ2n) is 9.53. The van der Waals surface area contributed by atoms with Crippen LogP contribution in [0, 0.1) is 0 Å². The van der Waals surface area contributed by atoms with Crippen LogP contribution in [0.15, 0.2) is 146 Å². The molecule has 0 spiro atoms. The van der Waals surface area contributed by atoms with Crippen LogP contribution in [0.3, 0.4) is 0 Å². The summed E-state index contributed by atoms with van der Waals surface area (Å²) in [6.45, 7) is 0. The number of aromatic amines is 1. The number of pyridine rings is 2. The monoisotopic (exact) mass is 531 g/mol. The van der Waals surface area contributed by atoms with Gasteiger partial charge in [0.25, 0.3) is 0 Å². The van der Waals surface area contributed by atoms with E-state index in [-0.39, 0.29) is 0 Å². The van der Waals surface area contributed by atoms with Crippen molar-refractivity contribution in [3.63, 3.8) is 0 Å². The Labute approximate surface area is 235 Å². The molecule has 3 nitrogen and oxygen atoms in total. The highest BCUT2D eigenvalue weighted by atomic mass is 32.1. The summed E-state index contributed by atoms with van der Waals surface area (Å²) in [6.07, 6.45) is 3.60. The Kier molecular flexibility index (Phi) is 6.36. The number of para-hydroxylation sites is 2. The number of H-pyrrole nitrogens is 1. The second-order valence-corrected chi connectivity index (χ2v) is 10.6. The lowest BCUT2D eigenvalue weighted by Gasteiger charge is -2.00. The van der Waals surface area contributed by atoms with Crippen LogP contribution in [0.1, 0.15) is 0 Å². The van der Waals surface area contributed by atoms with Crippen LogP contribution in [0.5, 0.6) is 0 Å². The third-order valence-corrected chi connectivity index (χ3v) is 8.19. The predicted octanol–water partition coefficient (Wildman–Crippen LogP) is 10.2. The number of nitrogens with one attached hydrogen (secondary N) is 1. The zero-order valence-corrected chi connectivity index (χ0v) is 22.5. The second kappa shape index (κ2) is 10.6. The van der Waals surface area contributed by atoms with Gasteiger partial charge in [-0.2, -0.15) is 0 Å². The maximum atomic E-state index is 4.35. The van der Waals surface area contributed by atoms with Gasteiger partial charge in [0.15, 0.2) is 0 Å². The van der Waals surface area contributed by atoms with Crippen molar-refractivity contribution in [1.29, 1.82) is 0 Å². The third-order valence-electron chi connectivity index (χ3n) is 7.04. The Morgan fingerprint density at radius 1 is 0.400 bits per heavy atom. The summed E-state index contributed by atoms with van der Waals surface area (Å²) in [5, 5.41) is 7.64. The molecule has 4 heteroatoms. The van der Waals surface area contributed by atoms with Crippen molar-refractivity contribution in [3.8, 4) is 0 Å². The molecule has 0 amide bonds. The lowest BCUT2D eigenvalue weighted by atomic mass is 10.1. The summed E-state index contributed by atoms with van der Waals surface area (Å²) >= 11 is 1.86. The van der Waals surface area contributed by atoms with Crippen LogP contribution in [0.25, 0.3) is 63.8 Å². The Hall–Kier alpha value is -5.06. The SMILES string of the molecule is c1ccc2c(c1)[nH]c1ccccc12.c1ccc2c(c1)sc1ccccc12.c1cnc2c(c1)ccc1cccnc12. The molecule has 4 aromatic heterocycles. The number of hydrogen-bond donors (Lipinski definition) is 1. The zero-order valence-electron chi connectivity index (χ0n) is 21.7. The standard InChI is InChI=1S/C12H8N2.C12H9N.C12H8S/c1-3-9-5-6-10-4-2-8-14-12(10)11(9)13-7-1;2*1-3-7-11-9(5-1)10-6-2-4-8-12(10)13-11/h1-8H;1-8,13H;1-8H. The van der Waals surface area contributed by atoms with Gasteiger partial charge in [0.1, 0.15) is 0 Å². The minimum Gasteiger partial charge on any atom is -0.355 e. The number of nitrogens with zero attached hydrogens (tertiary/aromatic N) is 2. The summed E-state index contributed by atoms with van der Waals surface area (Å²) in [7, 11) is 0. The number of hydrogen-bond acceptors (Lipinski definition) is 3. The normalized spacial score (nSPS) is 11.0. The highest BCUT2D eigenvalue weighted by molar-refractivity contribution is 7.25. The number of fused-ring (bicyclic) bond motifs is 9. The maximum Gasteiger partial charge on any atom is 0.0964 e. The molecule has 0 saturated heterocycles. The molecule has 0 aliphatic heterocycles. The van der Waals surface area contributed by atoms with E-state index in [1.54, 1.807) is 12.4 Å². The molecule has 1 N–H and O–H groups in total. The summed E-state index contributed by atoms with van der Waals surface area (Å²) in [5.41, 5.74) is 4.38. The van der Waals surface area contributed by atoms with Gasteiger partial charge in [-0.3, -0.25) is 9.97 Å². The fourth-order valence-corrected chi connectivity index (χ4v) is 6.26. The molecule has 0 aliphatic carbocycles. The molecule has 9 aromatic rings. The molecule has 0 aliphatic rings. The van der Waals surface area contributed by atoms with Gasteiger partial charge < -0.3 is 4.98 Å². The van der Waals surface area contributed by atoms with Crippen molar-refractivity contribution in [2.45, 2.75) is 0 Å². The van der Waals surface area contributed by atoms with E-state index in [4.69, 9.17) is 0 Å². The van der Waals surface area contributed by atoms with E-state index in [9.17, 15) is 0 Å². The highest BCUT2D eigenvalue weighted by Crippen LogP contribution is 2.33. The van der Waals surface area contributed by atoms with E-state index in [1.165, 1.54) is 42.0 Å². The summed E-state index contributed by atoms with van der Waals surface area (Å²) in [6, 6.07) is 46.0. The van der Waals surface area contributed by atoms with Gasteiger partial charge >= 0.3 is 0 Å². The van der Waals surface area contributed by atoms with Gasteiger partial charge in [-0.15, -0.1) is 11.3 Å². The fourth-order valence-electron chi connectivity index (χ4n) is 5.15. The zero-order chi connectivity index (χ0) is 26.7. The van der Waals surface area contributed by atoms with E-state index in [1.807, 2.05) is 23.5 Å². The van der Waals surface area contributed by atoms with Gasteiger partial charge in [-0.25, -0.2) is 0 Å². The molecule has 9 rings (SSSR count). The van der Waals surface area contributed by atoms with Crippen molar-refractivity contribution >= 4 is 75.1 Å². The van der Waals surface area contributed by atoms with Crippen LogP contribution in [0.4, 0.5) is 0 Å². The molecule has 4 heterocycles. The van der Waals surface area contributed by atoms with E-state index in [0.717, 1.165) is 21.8 Å². The first-order chi connectivity index (χ1) is 19.8. The highest BCUT2D eigenvalue weighted by Gasteiger charge is 2.02. The first kappa shape index (κ1) is 24.0. The Morgan fingerprint density at radius 3 is 1.32 bits per heavy atom. The van der Waals surface area contributed by atoms with E-state index < -0.39 is 0 Å². The Balaban J connectivity index is 0.0000000993. The molecular weight excluding hydrogens is 506 g/mol. The molecule has 40 heavy (non-hydrogen) atoms. The number of aromatic nitrogens is 3. The minimum absolute atomic E-state index is 0.977. The van der Waals surface area contributed by atoms with Crippen molar-refractivity contribution in [2.75, 3.05) is 0 Å². The van der Waals surface area contributed by atoms with E-state index >= 15 is 0 Å². The van der Waals surface area contributed by atoms with E-state index in [2.05, 4.69) is 136 Å². The minimum atomic E-state index is 0.977. The van der Waals surface area contributed by atoms with Gasteiger partial charge in [-0.1, -0.05) is 97.1 Å². The van der Waals surface area contributed by atoms with Gasteiger partial charge in [0.2, 0.25) is 0 Å². The lowest BCUT2D eigenvalue weighted by molar-refractivity contribution is 1.37. The quantitative estimate of drug-likeness (QED) is 0.198. The largest absolute Gasteiger partial charge is 0.355 e. The molecule has 0 radical (unpaired) electrons. The van der Waals surface area contributed by atoms with Crippen LogP contribution in [-0.2, 0) is 0 Å². The topological polar surface area (TPSA) is 41.6 Å². The average molecular weight is 532 g/mol. The van der Waals surface area contributed by atoms with Gasteiger partial charge in [0, 0.05) is 65.1 Å². The smallest absolute Gasteiger partial charge is 0.0964 e. The average Bonchev–Trinajstić information content (AvgIpc) is 3.60. The number of rotatable bonds is 0.